The number of aliphatic carboxylic acids is 1. The number of hydrogen-bond acceptors (Lipinski definition) is 5. The summed E-state index contributed by atoms with van der Waals surface area (Å²) in [6, 6.07) is 13.7. The van der Waals surface area contributed by atoms with Crippen LogP contribution in [0.4, 0.5) is 0 Å². The van der Waals surface area contributed by atoms with Crippen LogP contribution >= 0.6 is 24.0 Å². The SMILES string of the molecule is Cl.O=C(O)CCCS(=O)(=O)c1ccc(CCNC[C@@H](O)c2cccc(Cl)c2)cc1. The van der Waals surface area contributed by atoms with Gasteiger partial charge < -0.3 is 15.5 Å². The first-order valence-corrected chi connectivity index (χ1v) is 11.0. The minimum atomic E-state index is -3.47. The molecule has 2 aromatic rings. The fourth-order valence-corrected chi connectivity index (χ4v) is 4.21. The average molecular weight is 462 g/mol. The zero-order chi connectivity index (χ0) is 20.6. The number of benzene rings is 2. The lowest BCUT2D eigenvalue weighted by molar-refractivity contribution is -0.137. The van der Waals surface area contributed by atoms with Crippen LogP contribution in [0.15, 0.2) is 53.4 Å². The first kappa shape index (κ1) is 25.4. The van der Waals surface area contributed by atoms with Crippen molar-refractivity contribution in [3.8, 4) is 0 Å². The third kappa shape index (κ3) is 8.72. The summed E-state index contributed by atoms with van der Waals surface area (Å²) in [5.41, 5.74) is 1.71. The van der Waals surface area contributed by atoms with Crippen molar-refractivity contribution in [2.45, 2.75) is 30.3 Å². The van der Waals surface area contributed by atoms with E-state index >= 15 is 0 Å². The maximum Gasteiger partial charge on any atom is 0.303 e. The van der Waals surface area contributed by atoms with Crippen molar-refractivity contribution >= 4 is 39.8 Å². The van der Waals surface area contributed by atoms with Crippen LogP contribution in [-0.2, 0) is 21.1 Å². The molecule has 160 valence electrons. The molecule has 0 aliphatic heterocycles. The van der Waals surface area contributed by atoms with Crippen molar-refractivity contribution < 1.29 is 23.4 Å². The van der Waals surface area contributed by atoms with E-state index in [2.05, 4.69) is 5.32 Å². The number of carboxylic acids is 1. The van der Waals surface area contributed by atoms with Crippen LogP contribution in [0.5, 0.6) is 0 Å². The number of halogens is 2. The van der Waals surface area contributed by atoms with Crippen LogP contribution in [0, 0.1) is 0 Å². The molecule has 9 heteroatoms. The predicted molar refractivity (Wildman–Crippen MR) is 116 cm³/mol. The number of nitrogens with one attached hydrogen (secondary N) is 1. The van der Waals surface area contributed by atoms with Crippen LogP contribution in [-0.4, -0.2) is 43.4 Å². The maximum absolute atomic E-state index is 12.2. The van der Waals surface area contributed by atoms with Gasteiger partial charge >= 0.3 is 5.97 Å². The lowest BCUT2D eigenvalue weighted by Gasteiger charge is -2.12. The Labute approximate surface area is 182 Å². The van der Waals surface area contributed by atoms with Gasteiger partial charge in [0.1, 0.15) is 0 Å². The Balaban J connectivity index is 0.00000420. The molecule has 0 aliphatic carbocycles. The smallest absolute Gasteiger partial charge is 0.303 e. The van der Waals surface area contributed by atoms with E-state index in [4.69, 9.17) is 16.7 Å². The molecule has 2 rings (SSSR count). The Morgan fingerprint density at radius 1 is 1.14 bits per heavy atom. The van der Waals surface area contributed by atoms with E-state index in [-0.39, 0.29) is 35.9 Å². The van der Waals surface area contributed by atoms with Gasteiger partial charge in [-0.15, -0.1) is 12.4 Å². The summed E-state index contributed by atoms with van der Waals surface area (Å²) >= 11 is 5.92. The van der Waals surface area contributed by atoms with Gasteiger partial charge in [-0.05, 0) is 54.8 Å². The summed E-state index contributed by atoms with van der Waals surface area (Å²) in [5.74, 6) is -1.18. The summed E-state index contributed by atoms with van der Waals surface area (Å²) < 4.78 is 24.4. The Bertz CT molecular complexity index is 888. The maximum atomic E-state index is 12.2. The Kier molecular flexibility index (Phi) is 10.6. The standard InChI is InChI=1S/C20H24ClNO5S.ClH/c21-17-4-1-3-16(13-17)19(23)14-22-11-10-15-6-8-18(9-7-15)28(26,27)12-2-5-20(24)25;/h1,3-4,6-9,13,19,22-23H,2,5,10-12,14H2,(H,24,25);1H/t19-;/m1./s1. The molecule has 6 nitrogen and oxygen atoms in total. The molecule has 1 atom stereocenters. The highest BCUT2D eigenvalue weighted by Crippen LogP contribution is 2.17. The molecule has 29 heavy (non-hydrogen) atoms. The summed E-state index contributed by atoms with van der Waals surface area (Å²) in [6.07, 6.45) is -0.0405. The van der Waals surface area contributed by atoms with E-state index in [1.54, 1.807) is 42.5 Å². The Hall–Kier alpha value is -1.64. The number of hydrogen-bond donors (Lipinski definition) is 3. The van der Waals surface area contributed by atoms with Crippen molar-refractivity contribution in [1.29, 1.82) is 0 Å². The highest BCUT2D eigenvalue weighted by Gasteiger charge is 2.15. The van der Waals surface area contributed by atoms with Crippen LogP contribution in [0.3, 0.4) is 0 Å². The van der Waals surface area contributed by atoms with Gasteiger partial charge in [0.05, 0.1) is 16.8 Å². The first-order chi connectivity index (χ1) is 13.3. The number of carbonyl (C=O) groups is 1. The van der Waals surface area contributed by atoms with Gasteiger partial charge in [-0.25, -0.2) is 8.42 Å². The molecule has 0 radical (unpaired) electrons. The van der Waals surface area contributed by atoms with E-state index in [1.807, 2.05) is 6.07 Å². The van der Waals surface area contributed by atoms with Crippen molar-refractivity contribution in [2.75, 3.05) is 18.8 Å². The van der Waals surface area contributed by atoms with Gasteiger partial charge in [-0.3, -0.25) is 4.79 Å². The van der Waals surface area contributed by atoms with Crippen molar-refractivity contribution in [2.24, 2.45) is 0 Å². The van der Waals surface area contributed by atoms with Crippen LogP contribution in [0.1, 0.15) is 30.1 Å². The molecule has 0 saturated heterocycles. The number of carboxylic acid groups (broad SMARTS) is 1. The molecule has 3 N–H and O–H groups in total. The highest BCUT2D eigenvalue weighted by atomic mass is 35.5. The molecule has 0 spiro atoms. The van der Waals surface area contributed by atoms with Gasteiger partial charge in [0.25, 0.3) is 0 Å². The second kappa shape index (κ2) is 12.1. The minimum absolute atomic E-state index is 0. The van der Waals surface area contributed by atoms with Crippen LogP contribution in [0.25, 0.3) is 0 Å². The molecule has 0 heterocycles. The summed E-state index contributed by atoms with van der Waals surface area (Å²) in [6.45, 7) is 1.01. The van der Waals surface area contributed by atoms with Gasteiger partial charge in [0.2, 0.25) is 0 Å². The molecule has 0 saturated carbocycles. The van der Waals surface area contributed by atoms with E-state index in [9.17, 15) is 18.3 Å². The van der Waals surface area contributed by atoms with E-state index in [0.29, 0.717) is 24.5 Å². The molecule has 0 unspecified atom stereocenters. The quantitative estimate of drug-likeness (QED) is 0.443. The Morgan fingerprint density at radius 3 is 2.45 bits per heavy atom. The van der Waals surface area contributed by atoms with E-state index < -0.39 is 21.9 Å². The third-order valence-corrected chi connectivity index (χ3v) is 6.30. The molecule has 2 aromatic carbocycles. The highest BCUT2D eigenvalue weighted by molar-refractivity contribution is 7.91. The van der Waals surface area contributed by atoms with Crippen LogP contribution in [0.2, 0.25) is 5.02 Å². The summed E-state index contributed by atoms with van der Waals surface area (Å²) in [5, 5.41) is 22.5. The monoisotopic (exact) mass is 461 g/mol. The van der Waals surface area contributed by atoms with Crippen molar-refractivity contribution in [3.05, 3.63) is 64.7 Å². The van der Waals surface area contributed by atoms with Gasteiger partial charge in [0.15, 0.2) is 9.84 Å². The minimum Gasteiger partial charge on any atom is -0.481 e. The lowest BCUT2D eigenvalue weighted by atomic mass is 10.1. The van der Waals surface area contributed by atoms with Crippen molar-refractivity contribution in [3.63, 3.8) is 0 Å². The number of aliphatic hydroxyl groups is 1. The second-order valence-electron chi connectivity index (χ2n) is 6.49. The largest absolute Gasteiger partial charge is 0.481 e. The van der Waals surface area contributed by atoms with Gasteiger partial charge in [-0.1, -0.05) is 35.9 Å². The zero-order valence-electron chi connectivity index (χ0n) is 15.8. The number of sulfone groups is 1. The van der Waals surface area contributed by atoms with Gasteiger partial charge in [0, 0.05) is 18.0 Å². The lowest BCUT2D eigenvalue weighted by Crippen LogP contribution is -2.23. The molecule has 0 aliphatic rings. The molecule has 0 aromatic heterocycles. The van der Waals surface area contributed by atoms with E-state index in [1.165, 1.54) is 0 Å². The fraction of sp³-hybridized carbons (Fsp3) is 0.350. The molecule has 0 amide bonds. The van der Waals surface area contributed by atoms with Crippen LogP contribution < -0.4 is 5.32 Å². The number of aliphatic hydroxyl groups excluding tert-OH is 1. The average Bonchev–Trinajstić information content (AvgIpc) is 2.65. The molecule has 0 bridgehead atoms. The summed E-state index contributed by atoms with van der Waals surface area (Å²) in [4.78, 5) is 10.7. The second-order valence-corrected chi connectivity index (χ2v) is 9.03. The fourth-order valence-electron chi connectivity index (χ4n) is 2.70. The third-order valence-electron chi connectivity index (χ3n) is 4.25. The molecule has 0 fully saturated rings. The zero-order valence-corrected chi connectivity index (χ0v) is 18.1. The van der Waals surface area contributed by atoms with E-state index in [0.717, 1.165) is 11.1 Å². The summed E-state index contributed by atoms with van der Waals surface area (Å²) in [7, 11) is -3.47. The van der Waals surface area contributed by atoms with Gasteiger partial charge in [-0.2, -0.15) is 0 Å². The predicted octanol–water partition coefficient (Wildman–Crippen LogP) is 3.27. The Morgan fingerprint density at radius 2 is 1.83 bits per heavy atom. The first-order valence-electron chi connectivity index (χ1n) is 8.95. The normalized spacial score (nSPS) is 12.2. The molecular weight excluding hydrogens is 437 g/mol. The number of rotatable bonds is 11. The molecular formula is C20H25Cl2NO5S. The topological polar surface area (TPSA) is 104 Å². The van der Waals surface area contributed by atoms with Crippen molar-refractivity contribution in [1.82, 2.24) is 5.32 Å².